The molecule has 0 bridgehead atoms. The molecule has 3 rings (SSSR count). The van der Waals surface area contributed by atoms with Crippen LogP contribution in [0.25, 0.3) is 11.3 Å². The van der Waals surface area contributed by atoms with Gasteiger partial charge in [-0.3, -0.25) is 4.79 Å². The Morgan fingerprint density at radius 1 is 1.10 bits per heavy atom. The van der Waals surface area contributed by atoms with E-state index in [0.717, 1.165) is 29.9 Å². The second-order valence-electron chi connectivity index (χ2n) is 6.31. The predicted octanol–water partition coefficient (Wildman–Crippen LogP) is 3.05. The molecule has 0 aliphatic heterocycles. The topological polar surface area (TPSA) is 90.4 Å². The number of nitrogens with one attached hydrogen (secondary N) is 2. The zero-order chi connectivity index (χ0) is 20.6. The highest BCUT2D eigenvalue weighted by atomic mass is 16.2. The number of amides is 1. The first kappa shape index (κ1) is 20.0. The van der Waals surface area contributed by atoms with Crippen LogP contribution in [-0.4, -0.2) is 35.2 Å². The standard InChI is InChI=1S/C22H23N5O2/c1-3-27(4-2)18-12-10-16(11-13-18)15-23-26-21(28)20-14-19(24-22(29)25-20)17-8-6-5-7-9-17/h5-15H,3-4H2,1-2H3,(H,26,28)(H,24,25,29)/b23-15+. The van der Waals surface area contributed by atoms with Crippen molar-refractivity contribution >= 4 is 17.8 Å². The van der Waals surface area contributed by atoms with Crippen LogP contribution in [0.1, 0.15) is 29.9 Å². The average molecular weight is 389 g/mol. The van der Waals surface area contributed by atoms with Gasteiger partial charge in [-0.2, -0.15) is 10.1 Å². The van der Waals surface area contributed by atoms with Crippen LogP contribution in [0.4, 0.5) is 5.69 Å². The Morgan fingerprint density at radius 2 is 1.79 bits per heavy atom. The summed E-state index contributed by atoms with van der Waals surface area (Å²) in [5.41, 5.74) is 5.11. The number of hydrazone groups is 1. The molecule has 1 heterocycles. The molecule has 0 aliphatic rings. The lowest BCUT2D eigenvalue weighted by Gasteiger charge is -2.20. The first-order chi connectivity index (χ1) is 14.1. The molecule has 1 aromatic heterocycles. The second-order valence-corrected chi connectivity index (χ2v) is 6.31. The zero-order valence-electron chi connectivity index (χ0n) is 16.4. The number of anilines is 1. The van der Waals surface area contributed by atoms with Crippen molar-refractivity contribution < 1.29 is 4.79 Å². The van der Waals surface area contributed by atoms with Crippen LogP contribution in [0.15, 0.2) is 70.6 Å². The van der Waals surface area contributed by atoms with Gasteiger partial charge in [0.05, 0.1) is 11.9 Å². The highest BCUT2D eigenvalue weighted by Gasteiger charge is 2.10. The molecule has 0 saturated heterocycles. The lowest BCUT2D eigenvalue weighted by molar-refractivity contribution is 0.0949. The van der Waals surface area contributed by atoms with Gasteiger partial charge in [-0.15, -0.1) is 0 Å². The van der Waals surface area contributed by atoms with E-state index in [0.29, 0.717) is 5.69 Å². The minimum Gasteiger partial charge on any atom is -0.372 e. The molecule has 2 aromatic carbocycles. The predicted molar refractivity (Wildman–Crippen MR) is 115 cm³/mol. The Labute approximate surface area is 169 Å². The third kappa shape index (κ3) is 5.16. The van der Waals surface area contributed by atoms with Gasteiger partial charge in [0.1, 0.15) is 5.69 Å². The first-order valence-corrected chi connectivity index (χ1v) is 9.46. The molecule has 0 aliphatic carbocycles. The quantitative estimate of drug-likeness (QED) is 0.480. The number of carbonyl (C=O) groups is 1. The minimum absolute atomic E-state index is 0.0953. The molecule has 7 heteroatoms. The number of nitrogens with zero attached hydrogens (tertiary/aromatic N) is 3. The van der Waals surface area contributed by atoms with Gasteiger partial charge in [0.25, 0.3) is 5.91 Å². The largest absolute Gasteiger partial charge is 0.372 e. The van der Waals surface area contributed by atoms with Crippen molar-refractivity contribution in [3.8, 4) is 11.3 Å². The van der Waals surface area contributed by atoms with Crippen LogP contribution in [0, 0.1) is 0 Å². The zero-order valence-corrected chi connectivity index (χ0v) is 16.4. The maximum atomic E-state index is 12.4. The van der Waals surface area contributed by atoms with Crippen LogP contribution in [0.3, 0.4) is 0 Å². The Morgan fingerprint density at radius 3 is 2.45 bits per heavy atom. The van der Waals surface area contributed by atoms with E-state index in [1.165, 1.54) is 6.07 Å². The second kappa shape index (κ2) is 9.45. The molecule has 148 valence electrons. The van der Waals surface area contributed by atoms with Gasteiger partial charge in [-0.05, 0) is 37.6 Å². The SMILES string of the molecule is CCN(CC)c1ccc(/C=N/NC(=O)c2cc(-c3ccccc3)nc(=O)[nH]2)cc1. The van der Waals surface area contributed by atoms with Gasteiger partial charge in [0.2, 0.25) is 0 Å². The molecule has 29 heavy (non-hydrogen) atoms. The molecule has 0 atom stereocenters. The number of rotatable bonds is 7. The van der Waals surface area contributed by atoms with E-state index >= 15 is 0 Å². The van der Waals surface area contributed by atoms with Crippen molar-refractivity contribution in [1.29, 1.82) is 0 Å². The number of hydrogen-bond acceptors (Lipinski definition) is 5. The lowest BCUT2D eigenvalue weighted by atomic mass is 10.1. The van der Waals surface area contributed by atoms with E-state index in [2.05, 4.69) is 39.2 Å². The van der Waals surface area contributed by atoms with E-state index in [1.54, 1.807) is 6.21 Å². The number of aromatic nitrogens is 2. The fourth-order valence-electron chi connectivity index (χ4n) is 2.92. The third-order valence-electron chi connectivity index (χ3n) is 4.46. The first-order valence-electron chi connectivity index (χ1n) is 9.46. The fourth-order valence-corrected chi connectivity index (χ4v) is 2.92. The van der Waals surface area contributed by atoms with Crippen molar-refractivity contribution in [3.63, 3.8) is 0 Å². The van der Waals surface area contributed by atoms with Crippen molar-refractivity contribution in [1.82, 2.24) is 15.4 Å². The molecule has 7 nitrogen and oxygen atoms in total. The molecule has 3 aromatic rings. The van der Waals surface area contributed by atoms with E-state index in [9.17, 15) is 9.59 Å². The van der Waals surface area contributed by atoms with Gasteiger partial charge < -0.3 is 9.88 Å². The molecule has 2 N–H and O–H groups in total. The highest BCUT2D eigenvalue weighted by Crippen LogP contribution is 2.15. The molecule has 1 amide bonds. The molecular formula is C22H23N5O2. The maximum Gasteiger partial charge on any atom is 0.346 e. The fraction of sp³-hybridized carbons (Fsp3) is 0.182. The normalized spacial score (nSPS) is 10.8. The van der Waals surface area contributed by atoms with Crippen molar-refractivity contribution in [2.24, 2.45) is 5.10 Å². The number of H-pyrrole nitrogens is 1. The summed E-state index contributed by atoms with van der Waals surface area (Å²) < 4.78 is 0. The summed E-state index contributed by atoms with van der Waals surface area (Å²) in [5, 5.41) is 3.98. The van der Waals surface area contributed by atoms with Crippen LogP contribution in [0.2, 0.25) is 0 Å². The summed E-state index contributed by atoms with van der Waals surface area (Å²) in [6.45, 7) is 6.10. The smallest absolute Gasteiger partial charge is 0.346 e. The summed E-state index contributed by atoms with van der Waals surface area (Å²) >= 11 is 0. The van der Waals surface area contributed by atoms with Gasteiger partial charge in [-0.25, -0.2) is 10.2 Å². The van der Waals surface area contributed by atoms with Crippen molar-refractivity contribution in [2.75, 3.05) is 18.0 Å². The Hall–Kier alpha value is -3.74. The molecular weight excluding hydrogens is 366 g/mol. The molecule has 0 fully saturated rings. The Balaban J connectivity index is 1.69. The number of aromatic amines is 1. The summed E-state index contributed by atoms with van der Waals surface area (Å²) in [5.74, 6) is -0.516. The number of hydrogen-bond donors (Lipinski definition) is 2. The maximum absolute atomic E-state index is 12.4. The van der Waals surface area contributed by atoms with E-state index in [-0.39, 0.29) is 5.69 Å². The molecule has 0 spiro atoms. The van der Waals surface area contributed by atoms with Gasteiger partial charge in [-0.1, -0.05) is 42.5 Å². The number of benzene rings is 2. The van der Waals surface area contributed by atoms with Crippen molar-refractivity contribution in [2.45, 2.75) is 13.8 Å². The molecule has 0 radical (unpaired) electrons. The van der Waals surface area contributed by atoms with Gasteiger partial charge >= 0.3 is 5.69 Å². The van der Waals surface area contributed by atoms with Crippen LogP contribution >= 0.6 is 0 Å². The summed E-state index contributed by atoms with van der Waals surface area (Å²) in [4.78, 5) is 32.8. The minimum atomic E-state index is -0.590. The third-order valence-corrected chi connectivity index (χ3v) is 4.46. The summed E-state index contributed by atoms with van der Waals surface area (Å²) in [7, 11) is 0. The summed E-state index contributed by atoms with van der Waals surface area (Å²) in [6.07, 6.45) is 1.56. The van der Waals surface area contributed by atoms with Gasteiger partial charge in [0, 0.05) is 24.3 Å². The van der Waals surface area contributed by atoms with Crippen LogP contribution in [-0.2, 0) is 0 Å². The van der Waals surface area contributed by atoms with E-state index < -0.39 is 11.6 Å². The summed E-state index contributed by atoms with van der Waals surface area (Å²) in [6, 6.07) is 18.6. The van der Waals surface area contributed by atoms with E-state index in [4.69, 9.17) is 0 Å². The molecule has 0 saturated carbocycles. The monoisotopic (exact) mass is 389 g/mol. The lowest BCUT2D eigenvalue weighted by Crippen LogP contribution is -2.24. The van der Waals surface area contributed by atoms with Crippen LogP contribution in [0.5, 0.6) is 0 Å². The Kier molecular flexibility index (Phi) is 6.52. The van der Waals surface area contributed by atoms with Crippen molar-refractivity contribution in [3.05, 3.63) is 82.4 Å². The highest BCUT2D eigenvalue weighted by molar-refractivity contribution is 5.93. The molecule has 0 unspecified atom stereocenters. The Bertz CT molecular complexity index is 1040. The van der Waals surface area contributed by atoms with Crippen LogP contribution < -0.4 is 16.0 Å². The number of carbonyl (C=O) groups excluding carboxylic acids is 1. The average Bonchev–Trinajstić information content (AvgIpc) is 2.76. The van der Waals surface area contributed by atoms with Gasteiger partial charge in [0.15, 0.2) is 0 Å². The van der Waals surface area contributed by atoms with E-state index in [1.807, 2.05) is 54.6 Å².